The molecule has 0 saturated carbocycles. The molecule has 1 rings (SSSR count). The van der Waals surface area contributed by atoms with E-state index in [0.29, 0.717) is 0 Å². The molecular formula is C23H39NO. The first-order valence-electron chi connectivity index (χ1n) is 10.6. The Kier molecular flexibility index (Phi) is 13.0. The van der Waals surface area contributed by atoms with Crippen LogP contribution in [0.4, 0.5) is 5.69 Å². The van der Waals surface area contributed by atoms with Crippen LogP contribution >= 0.6 is 0 Å². The summed E-state index contributed by atoms with van der Waals surface area (Å²) in [5, 5.41) is 2.81. The number of rotatable bonds is 15. The molecule has 1 amide bonds. The number of hydrogen-bond donors (Lipinski definition) is 1. The van der Waals surface area contributed by atoms with Crippen LogP contribution in [0, 0.1) is 0 Å². The number of unbranched alkanes of at least 4 members (excludes halogenated alkanes) is 12. The van der Waals surface area contributed by atoms with Gasteiger partial charge >= 0.3 is 0 Å². The molecule has 0 spiro atoms. The third-order valence-corrected chi connectivity index (χ3v) is 4.84. The molecule has 0 aliphatic heterocycles. The molecule has 1 aromatic rings. The van der Waals surface area contributed by atoms with Crippen molar-refractivity contribution < 1.29 is 4.79 Å². The molecular weight excluding hydrogens is 306 g/mol. The molecule has 1 aromatic carbocycles. The fraction of sp³-hybridized carbons (Fsp3) is 0.696. The molecule has 0 unspecified atom stereocenters. The van der Waals surface area contributed by atoms with Crippen LogP contribution in [0.3, 0.4) is 0 Å². The Morgan fingerprint density at radius 2 is 1.16 bits per heavy atom. The van der Waals surface area contributed by atoms with Crippen molar-refractivity contribution in [2.75, 3.05) is 5.32 Å². The number of nitrogens with one attached hydrogen (secondary N) is 1. The first-order valence-corrected chi connectivity index (χ1v) is 10.6. The van der Waals surface area contributed by atoms with E-state index in [1.54, 1.807) is 6.92 Å². The van der Waals surface area contributed by atoms with E-state index in [1.807, 2.05) is 12.1 Å². The molecule has 0 heterocycles. The molecule has 0 radical (unpaired) electrons. The van der Waals surface area contributed by atoms with E-state index in [2.05, 4.69) is 24.4 Å². The average molecular weight is 346 g/mol. The lowest BCUT2D eigenvalue weighted by Gasteiger charge is -2.05. The third kappa shape index (κ3) is 12.7. The van der Waals surface area contributed by atoms with Crippen molar-refractivity contribution in [1.29, 1.82) is 0 Å². The lowest BCUT2D eigenvalue weighted by atomic mass is 10.0. The first kappa shape index (κ1) is 21.7. The minimum atomic E-state index is -0.00996. The van der Waals surface area contributed by atoms with E-state index in [4.69, 9.17) is 0 Å². The number of amides is 1. The van der Waals surface area contributed by atoms with Crippen LogP contribution in [0.15, 0.2) is 24.3 Å². The topological polar surface area (TPSA) is 29.1 Å². The highest BCUT2D eigenvalue weighted by Crippen LogP contribution is 2.15. The van der Waals surface area contributed by atoms with Crippen molar-refractivity contribution in [1.82, 2.24) is 0 Å². The van der Waals surface area contributed by atoms with Crippen molar-refractivity contribution >= 4 is 11.6 Å². The van der Waals surface area contributed by atoms with Gasteiger partial charge in [0.25, 0.3) is 0 Å². The van der Waals surface area contributed by atoms with Gasteiger partial charge in [-0.1, -0.05) is 96.1 Å². The summed E-state index contributed by atoms with van der Waals surface area (Å²) in [5.41, 5.74) is 2.26. The fourth-order valence-electron chi connectivity index (χ4n) is 3.30. The van der Waals surface area contributed by atoms with Gasteiger partial charge in [-0.3, -0.25) is 4.79 Å². The van der Waals surface area contributed by atoms with Gasteiger partial charge in [-0.25, -0.2) is 0 Å². The Morgan fingerprint density at radius 3 is 1.60 bits per heavy atom. The molecule has 142 valence electrons. The first-order chi connectivity index (χ1) is 12.2. The largest absolute Gasteiger partial charge is 0.326 e. The summed E-state index contributed by atoms with van der Waals surface area (Å²) in [7, 11) is 0. The molecule has 0 aliphatic carbocycles. The number of benzene rings is 1. The van der Waals surface area contributed by atoms with Gasteiger partial charge in [-0.15, -0.1) is 0 Å². The second kappa shape index (κ2) is 15.0. The molecule has 0 saturated heterocycles. The van der Waals surface area contributed by atoms with E-state index in [9.17, 15) is 4.79 Å². The monoisotopic (exact) mass is 345 g/mol. The maximum Gasteiger partial charge on any atom is 0.221 e. The molecule has 2 heteroatoms. The van der Waals surface area contributed by atoms with E-state index in [0.717, 1.165) is 12.1 Å². The minimum absolute atomic E-state index is 0.00996. The molecule has 25 heavy (non-hydrogen) atoms. The summed E-state index contributed by atoms with van der Waals surface area (Å²) in [6.45, 7) is 3.82. The molecule has 0 bridgehead atoms. The Morgan fingerprint density at radius 1 is 0.720 bits per heavy atom. The second-order valence-corrected chi connectivity index (χ2v) is 7.37. The van der Waals surface area contributed by atoms with Crippen molar-refractivity contribution in [3.8, 4) is 0 Å². The Bertz CT molecular complexity index is 438. The van der Waals surface area contributed by atoms with Gasteiger partial charge in [0.2, 0.25) is 5.91 Å². The zero-order chi connectivity index (χ0) is 18.2. The van der Waals surface area contributed by atoms with Gasteiger partial charge in [0.15, 0.2) is 0 Å². The van der Waals surface area contributed by atoms with Gasteiger partial charge in [-0.05, 0) is 30.5 Å². The highest BCUT2D eigenvalue weighted by molar-refractivity contribution is 5.88. The minimum Gasteiger partial charge on any atom is -0.326 e. The van der Waals surface area contributed by atoms with Crippen LogP contribution in [0.2, 0.25) is 0 Å². The number of aryl methyl sites for hydroxylation is 1. The maximum absolute atomic E-state index is 11.0. The lowest BCUT2D eigenvalue weighted by Crippen LogP contribution is -2.05. The molecule has 2 nitrogen and oxygen atoms in total. The number of carbonyl (C=O) groups is 1. The zero-order valence-electron chi connectivity index (χ0n) is 16.6. The standard InChI is InChI=1S/C23H39NO/c1-3-4-5-6-7-8-9-10-11-12-13-14-15-16-22-17-19-23(20-18-22)24-21(2)25/h17-20H,3-16H2,1-2H3,(H,24,25). The van der Waals surface area contributed by atoms with Gasteiger partial charge in [-0.2, -0.15) is 0 Å². The number of carbonyl (C=O) groups excluding carboxylic acids is 1. The molecule has 1 N–H and O–H groups in total. The SMILES string of the molecule is CCCCCCCCCCCCCCCc1ccc(NC(C)=O)cc1. The highest BCUT2D eigenvalue weighted by atomic mass is 16.1. The zero-order valence-corrected chi connectivity index (χ0v) is 16.6. The van der Waals surface area contributed by atoms with Crippen molar-refractivity contribution in [2.24, 2.45) is 0 Å². The summed E-state index contributed by atoms with van der Waals surface area (Å²) in [6, 6.07) is 8.26. The highest BCUT2D eigenvalue weighted by Gasteiger charge is 1.98. The summed E-state index contributed by atoms with van der Waals surface area (Å²) < 4.78 is 0. The molecule has 0 aromatic heterocycles. The summed E-state index contributed by atoms with van der Waals surface area (Å²) in [4.78, 5) is 11.0. The van der Waals surface area contributed by atoms with Crippen molar-refractivity contribution in [2.45, 2.75) is 104 Å². The van der Waals surface area contributed by atoms with E-state index >= 15 is 0 Å². The predicted octanol–water partition coefficient (Wildman–Crippen LogP) is 7.28. The quantitative estimate of drug-likeness (QED) is 0.332. The van der Waals surface area contributed by atoms with Crippen LogP contribution in [-0.4, -0.2) is 5.91 Å². The number of anilines is 1. The van der Waals surface area contributed by atoms with Crippen LogP contribution in [0.5, 0.6) is 0 Å². The third-order valence-electron chi connectivity index (χ3n) is 4.84. The van der Waals surface area contributed by atoms with Gasteiger partial charge in [0, 0.05) is 12.6 Å². The Hall–Kier alpha value is -1.31. The van der Waals surface area contributed by atoms with Crippen molar-refractivity contribution in [3.05, 3.63) is 29.8 Å². The van der Waals surface area contributed by atoms with Crippen LogP contribution < -0.4 is 5.32 Å². The van der Waals surface area contributed by atoms with Crippen LogP contribution in [0.1, 0.15) is 103 Å². The number of hydrogen-bond acceptors (Lipinski definition) is 1. The Balaban J connectivity index is 1.89. The van der Waals surface area contributed by atoms with Gasteiger partial charge < -0.3 is 5.32 Å². The van der Waals surface area contributed by atoms with E-state index in [-0.39, 0.29) is 5.91 Å². The predicted molar refractivity (Wildman–Crippen MR) is 110 cm³/mol. The summed E-state index contributed by atoms with van der Waals surface area (Å²) >= 11 is 0. The van der Waals surface area contributed by atoms with E-state index in [1.165, 1.54) is 89.0 Å². The van der Waals surface area contributed by atoms with Gasteiger partial charge in [0.1, 0.15) is 0 Å². The van der Waals surface area contributed by atoms with Crippen LogP contribution in [0.25, 0.3) is 0 Å². The second-order valence-electron chi connectivity index (χ2n) is 7.37. The maximum atomic E-state index is 11.0. The molecule has 0 aliphatic rings. The fourth-order valence-corrected chi connectivity index (χ4v) is 3.30. The van der Waals surface area contributed by atoms with Gasteiger partial charge in [0.05, 0.1) is 0 Å². The average Bonchev–Trinajstić information content (AvgIpc) is 2.60. The van der Waals surface area contributed by atoms with Crippen LogP contribution in [-0.2, 0) is 11.2 Å². The summed E-state index contributed by atoms with van der Waals surface area (Å²) in [5.74, 6) is -0.00996. The normalized spacial score (nSPS) is 10.8. The molecule has 0 atom stereocenters. The molecule has 0 fully saturated rings. The lowest BCUT2D eigenvalue weighted by molar-refractivity contribution is -0.114. The Labute approximate surface area is 155 Å². The smallest absolute Gasteiger partial charge is 0.221 e. The summed E-state index contributed by atoms with van der Waals surface area (Å²) in [6.07, 6.45) is 19.4. The van der Waals surface area contributed by atoms with Crippen molar-refractivity contribution in [3.63, 3.8) is 0 Å². The van der Waals surface area contributed by atoms with E-state index < -0.39 is 0 Å².